The lowest BCUT2D eigenvalue weighted by atomic mass is 10.2. The topological polar surface area (TPSA) is 71.5 Å². The standard InChI is InChI=1S/C12H12N2O3S/c1-7-6-18-12(13-7)14-8-3-4-10(17-2)9(5-8)11(15)16/h3-6H,1-2H3,(H,13,14)(H,15,16). The van der Waals surface area contributed by atoms with Crippen molar-refractivity contribution in [1.82, 2.24) is 4.98 Å². The number of thiazole rings is 1. The lowest BCUT2D eigenvalue weighted by Gasteiger charge is -2.08. The van der Waals surface area contributed by atoms with Gasteiger partial charge in [-0.25, -0.2) is 9.78 Å². The maximum Gasteiger partial charge on any atom is 0.339 e. The molecule has 2 N–H and O–H groups in total. The Morgan fingerprint density at radius 2 is 2.28 bits per heavy atom. The van der Waals surface area contributed by atoms with Crippen LogP contribution >= 0.6 is 11.3 Å². The summed E-state index contributed by atoms with van der Waals surface area (Å²) in [6.45, 7) is 1.90. The van der Waals surface area contributed by atoms with E-state index in [1.54, 1.807) is 12.1 Å². The van der Waals surface area contributed by atoms with Crippen LogP contribution in [0.15, 0.2) is 23.6 Å². The van der Waals surface area contributed by atoms with E-state index in [1.165, 1.54) is 24.5 Å². The zero-order valence-corrected chi connectivity index (χ0v) is 10.7. The van der Waals surface area contributed by atoms with Crippen molar-refractivity contribution in [3.05, 3.63) is 34.8 Å². The predicted molar refractivity (Wildman–Crippen MR) is 70.1 cm³/mol. The van der Waals surface area contributed by atoms with Gasteiger partial charge in [0.15, 0.2) is 5.13 Å². The van der Waals surface area contributed by atoms with Crippen LogP contribution in [0.4, 0.5) is 10.8 Å². The highest BCUT2D eigenvalue weighted by Gasteiger charge is 2.12. The van der Waals surface area contributed by atoms with Gasteiger partial charge in [-0.15, -0.1) is 11.3 Å². The first-order valence-corrected chi connectivity index (χ1v) is 6.08. The number of methoxy groups -OCH3 is 1. The van der Waals surface area contributed by atoms with Crippen molar-refractivity contribution in [1.29, 1.82) is 0 Å². The van der Waals surface area contributed by atoms with Crippen molar-refractivity contribution in [3.63, 3.8) is 0 Å². The molecule has 5 nitrogen and oxygen atoms in total. The van der Waals surface area contributed by atoms with Gasteiger partial charge in [0.05, 0.1) is 12.8 Å². The molecule has 0 saturated heterocycles. The van der Waals surface area contributed by atoms with Crippen molar-refractivity contribution in [3.8, 4) is 5.75 Å². The third-order valence-corrected chi connectivity index (χ3v) is 3.18. The molecule has 0 unspecified atom stereocenters. The lowest BCUT2D eigenvalue weighted by Crippen LogP contribution is -2.01. The van der Waals surface area contributed by atoms with Crippen molar-refractivity contribution >= 4 is 28.1 Å². The molecular formula is C12H12N2O3S. The lowest BCUT2D eigenvalue weighted by molar-refractivity contribution is 0.0693. The highest BCUT2D eigenvalue weighted by atomic mass is 32.1. The zero-order chi connectivity index (χ0) is 13.1. The first-order chi connectivity index (χ1) is 8.60. The highest BCUT2D eigenvalue weighted by molar-refractivity contribution is 7.13. The van der Waals surface area contributed by atoms with Crippen molar-refractivity contribution in [2.75, 3.05) is 12.4 Å². The molecule has 18 heavy (non-hydrogen) atoms. The number of rotatable bonds is 4. The molecule has 0 saturated carbocycles. The fraction of sp³-hybridized carbons (Fsp3) is 0.167. The fourth-order valence-corrected chi connectivity index (χ4v) is 2.20. The number of anilines is 2. The number of carboxylic acid groups (broad SMARTS) is 1. The molecule has 0 aliphatic carbocycles. The summed E-state index contributed by atoms with van der Waals surface area (Å²) < 4.78 is 4.99. The predicted octanol–water partition coefficient (Wildman–Crippen LogP) is 2.90. The van der Waals surface area contributed by atoms with Gasteiger partial charge in [-0.2, -0.15) is 0 Å². The van der Waals surface area contributed by atoms with Gasteiger partial charge in [0.1, 0.15) is 11.3 Å². The van der Waals surface area contributed by atoms with Crippen LogP contribution in [0.25, 0.3) is 0 Å². The average Bonchev–Trinajstić information content (AvgIpc) is 2.74. The number of carboxylic acids is 1. The second-order valence-corrected chi connectivity index (χ2v) is 4.50. The van der Waals surface area contributed by atoms with E-state index in [4.69, 9.17) is 9.84 Å². The molecule has 0 aliphatic rings. The summed E-state index contributed by atoms with van der Waals surface area (Å²) in [5.74, 6) is -0.686. The smallest absolute Gasteiger partial charge is 0.339 e. The first kappa shape index (κ1) is 12.4. The van der Waals surface area contributed by atoms with Crippen LogP contribution in [0.5, 0.6) is 5.75 Å². The number of ether oxygens (including phenoxy) is 1. The Balaban J connectivity index is 2.29. The van der Waals surface area contributed by atoms with Crippen LogP contribution in [-0.2, 0) is 0 Å². The number of hydrogen-bond acceptors (Lipinski definition) is 5. The summed E-state index contributed by atoms with van der Waals surface area (Å²) in [6, 6.07) is 4.89. The molecule has 0 fully saturated rings. The van der Waals surface area contributed by atoms with Crippen molar-refractivity contribution in [2.45, 2.75) is 6.92 Å². The number of nitrogens with one attached hydrogen (secondary N) is 1. The molecule has 94 valence electrons. The van der Waals surface area contributed by atoms with E-state index < -0.39 is 5.97 Å². The summed E-state index contributed by atoms with van der Waals surface area (Å²) in [6.07, 6.45) is 0. The minimum atomic E-state index is -1.02. The minimum Gasteiger partial charge on any atom is -0.496 e. The summed E-state index contributed by atoms with van der Waals surface area (Å²) in [7, 11) is 1.44. The molecule has 0 radical (unpaired) electrons. The molecule has 0 spiro atoms. The van der Waals surface area contributed by atoms with E-state index in [2.05, 4.69) is 10.3 Å². The molecule has 1 heterocycles. The number of hydrogen-bond donors (Lipinski definition) is 2. The number of aromatic carboxylic acids is 1. The number of nitrogens with zero attached hydrogens (tertiary/aromatic N) is 1. The van der Waals surface area contributed by atoms with Crippen LogP contribution in [0, 0.1) is 6.92 Å². The van der Waals surface area contributed by atoms with Crippen LogP contribution in [-0.4, -0.2) is 23.2 Å². The molecule has 0 atom stereocenters. The zero-order valence-electron chi connectivity index (χ0n) is 9.93. The third-order valence-electron chi connectivity index (χ3n) is 2.30. The summed E-state index contributed by atoms with van der Waals surface area (Å²) in [5, 5.41) is 14.8. The van der Waals surface area contributed by atoms with Gasteiger partial charge in [0, 0.05) is 11.1 Å². The van der Waals surface area contributed by atoms with E-state index in [1.807, 2.05) is 12.3 Å². The number of benzene rings is 1. The summed E-state index contributed by atoms with van der Waals surface area (Å²) >= 11 is 1.47. The third kappa shape index (κ3) is 2.60. The highest BCUT2D eigenvalue weighted by Crippen LogP contribution is 2.26. The van der Waals surface area contributed by atoms with Crippen LogP contribution in [0.2, 0.25) is 0 Å². The van der Waals surface area contributed by atoms with Gasteiger partial charge >= 0.3 is 5.97 Å². The first-order valence-electron chi connectivity index (χ1n) is 5.20. The molecule has 1 aromatic heterocycles. The average molecular weight is 264 g/mol. The monoisotopic (exact) mass is 264 g/mol. The molecule has 1 aromatic carbocycles. The Kier molecular flexibility index (Phi) is 3.47. The Labute approximate surface area is 108 Å². The second-order valence-electron chi connectivity index (χ2n) is 3.64. The molecule has 0 bridgehead atoms. The van der Waals surface area contributed by atoms with E-state index in [-0.39, 0.29) is 5.56 Å². The Morgan fingerprint density at radius 3 is 2.83 bits per heavy atom. The van der Waals surface area contributed by atoms with E-state index in [0.717, 1.165) is 10.8 Å². The second kappa shape index (κ2) is 5.05. The normalized spacial score (nSPS) is 10.1. The quantitative estimate of drug-likeness (QED) is 0.888. The van der Waals surface area contributed by atoms with Gasteiger partial charge in [-0.3, -0.25) is 0 Å². The minimum absolute atomic E-state index is 0.121. The molecule has 2 rings (SSSR count). The van der Waals surface area contributed by atoms with Crippen LogP contribution in [0.3, 0.4) is 0 Å². The Hall–Kier alpha value is -2.08. The van der Waals surface area contributed by atoms with Gasteiger partial charge in [-0.1, -0.05) is 0 Å². The van der Waals surface area contributed by atoms with Crippen molar-refractivity contribution in [2.24, 2.45) is 0 Å². The van der Waals surface area contributed by atoms with Gasteiger partial charge in [0.25, 0.3) is 0 Å². The molecule has 6 heteroatoms. The number of aryl methyl sites for hydroxylation is 1. The molecule has 0 amide bonds. The fourth-order valence-electron chi connectivity index (χ4n) is 1.49. The maximum absolute atomic E-state index is 11.1. The summed E-state index contributed by atoms with van der Waals surface area (Å²) in [4.78, 5) is 15.3. The SMILES string of the molecule is COc1ccc(Nc2nc(C)cs2)cc1C(=O)O. The van der Waals surface area contributed by atoms with Gasteiger partial charge in [-0.05, 0) is 25.1 Å². The van der Waals surface area contributed by atoms with Crippen LogP contribution in [0.1, 0.15) is 16.1 Å². The van der Waals surface area contributed by atoms with E-state index in [0.29, 0.717) is 11.4 Å². The number of aromatic nitrogens is 1. The summed E-state index contributed by atoms with van der Waals surface area (Å²) in [5.41, 5.74) is 1.72. The van der Waals surface area contributed by atoms with Gasteiger partial charge in [0.2, 0.25) is 0 Å². The molecular weight excluding hydrogens is 252 g/mol. The largest absolute Gasteiger partial charge is 0.496 e. The molecule has 0 aliphatic heterocycles. The van der Waals surface area contributed by atoms with E-state index in [9.17, 15) is 4.79 Å². The maximum atomic E-state index is 11.1. The van der Waals surface area contributed by atoms with Crippen molar-refractivity contribution < 1.29 is 14.6 Å². The Morgan fingerprint density at radius 1 is 1.50 bits per heavy atom. The Bertz CT molecular complexity index is 580. The van der Waals surface area contributed by atoms with E-state index >= 15 is 0 Å². The number of carbonyl (C=O) groups is 1. The van der Waals surface area contributed by atoms with Crippen LogP contribution < -0.4 is 10.1 Å². The van der Waals surface area contributed by atoms with Gasteiger partial charge < -0.3 is 15.2 Å². The molecule has 2 aromatic rings.